The van der Waals surface area contributed by atoms with Gasteiger partial charge in [0, 0.05) is 0 Å². The summed E-state index contributed by atoms with van der Waals surface area (Å²) in [6.45, 7) is 16.6. The molecule has 0 amide bonds. The van der Waals surface area contributed by atoms with Crippen LogP contribution in [0.15, 0.2) is 11.6 Å². The van der Waals surface area contributed by atoms with Crippen LogP contribution in [0.1, 0.15) is 113 Å². The number of hydrogen-bond acceptors (Lipinski definition) is 3. The lowest BCUT2D eigenvalue weighted by molar-refractivity contribution is -0.225. The zero-order valence-electron chi connectivity index (χ0n) is 22.6. The van der Waals surface area contributed by atoms with E-state index in [4.69, 9.17) is 0 Å². The van der Waals surface area contributed by atoms with Crippen molar-refractivity contribution in [3.8, 4) is 0 Å². The Bertz CT molecular complexity index is 769. The van der Waals surface area contributed by atoms with Crippen LogP contribution >= 0.6 is 0 Å². The largest absolute Gasteiger partial charge is 0.393 e. The van der Waals surface area contributed by atoms with Crippen LogP contribution in [0.4, 0.5) is 0 Å². The van der Waals surface area contributed by atoms with E-state index in [1.54, 1.807) is 0 Å². The molecule has 0 radical (unpaired) electrons. The zero-order valence-corrected chi connectivity index (χ0v) is 22.6. The molecule has 0 heterocycles. The van der Waals surface area contributed by atoms with Crippen molar-refractivity contribution in [2.45, 2.75) is 124 Å². The van der Waals surface area contributed by atoms with Crippen LogP contribution in [-0.4, -0.2) is 33.6 Å². The maximum atomic E-state index is 11.6. The molecule has 3 N–H and O–H groups in total. The van der Waals surface area contributed by atoms with E-state index in [-0.39, 0.29) is 23.5 Å². The summed E-state index contributed by atoms with van der Waals surface area (Å²) in [7, 11) is 0. The van der Waals surface area contributed by atoms with Gasteiger partial charge in [0.05, 0.1) is 18.3 Å². The van der Waals surface area contributed by atoms with Gasteiger partial charge in [-0.3, -0.25) is 0 Å². The third-order valence-corrected chi connectivity index (χ3v) is 12.6. The first-order valence-electron chi connectivity index (χ1n) is 13.9. The number of allylic oxidation sites excluding steroid dienone is 1. The summed E-state index contributed by atoms with van der Waals surface area (Å²) >= 11 is 0. The molecule has 3 heteroatoms. The number of aliphatic hydroxyl groups is 3. The van der Waals surface area contributed by atoms with Crippen LogP contribution in [0.5, 0.6) is 0 Å². The van der Waals surface area contributed by atoms with E-state index in [1.807, 2.05) is 6.92 Å². The molecular formula is C30H52O3. The molecule has 4 rings (SSSR count). The molecule has 33 heavy (non-hydrogen) atoms. The summed E-state index contributed by atoms with van der Waals surface area (Å²) in [5.41, 5.74) is 1.29. The van der Waals surface area contributed by atoms with Crippen LogP contribution in [0.25, 0.3) is 0 Å². The Morgan fingerprint density at radius 3 is 2.24 bits per heavy atom. The molecule has 0 aromatic rings. The van der Waals surface area contributed by atoms with Crippen molar-refractivity contribution in [2.24, 2.45) is 45.3 Å². The van der Waals surface area contributed by atoms with E-state index in [2.05, 4.69) is 47.6 Å². The summed E-state index contributed by atoms with van der Waals surface area (Å²) in [6.07, 6.45) is 13.1. The second-order valence-electron chi connectivity index (χ2n) is 14.3. The molecule has 0 spiro atoms. The predicted octanol–water partition coefficient (Wildman–Crippen LogP) is 6.50. The average molecular weight is 461 g/mol. The summed E-state index contributed by atoms with van der Waals surface area (Å²) < 4.78 is 0. The van der Waals surface area contributed by atoms with Crippen LogP contribution in [0.2, 0.25) is 0 Å². The van der Waals surface area contributed by atoms with Gasteiger partial charge in [0.15, 0.2) is 0 Å². The van der Waals surface area contributed by atoms with Gasteiger partial charge in [-0.25, -0.2) is 0 Å². The minimum atomic E-state index is -0.643. The van der Waals surface area contributed by atoms with Crippen molar-refractivity contribution >= 4 is 0 Å². The molecule has 9 atom stereocenters. The first kappa shape index (κ1) is 25.7. The smallest absolute Gasteiger partial charge is 0.0653 e. The highest BCUT2D eigenvalue weighted by atomic mass is 16.3. The molecule has 0 aromatic heterocycles. The molecule has 0 aromatic carbocycles. The molecule has 4 saturated carbocycles. The minimum Gasteiger partial charge on any atom is -0.393 e. The molecule has 0 aliphatic heterocycles. The maximum absolute atomic E-state index is 11.6. The summed E-state index contributed by atoms with van der Waals surface area (Å²) in [5, 5.41) is 31.8. The number of aliphatic hydroxyl groups excluding tert-OH is 2. The monoisotopic (exact) mass is 460 g/mol. The van der Waals surface area contributed by atoms with Gasteiger partial charge in [-0.05, 0) is 123 Å². The Balaban J connectivity index is 1.59. The third-order valence-electron chi connectivity index (χ3n) is 12.6. The van der Waals surface area contributed by atoms with Gasteiger partial charge in [0.2, 0.25) is 0 Å². The fourth-order valence-corrected chi connectivity index (χ4v) is 10.3. The SMILES string of the molecule is C/C(=C\CC[C@](C)(O)[C@H]1CC[C@]2(C)[C@@H]1CC[C@@H]1[C@@]3(C)CC[C@@H](O)C(C)(C)[C@@H]3CC[C@]12C)CO. The van der Waals surface area contributed by atoms with Crippen LogP contribution in [0.3, 0.4) is 0 Å². The van der Waals surface area contributed by atoms with Gasteiger partial charge in [-0.1, -0.05) is 46.3 Å². The van der Waals surface area contributed by atoms with Crippen molar-refractivity contribution in [1.82, 2.24) is 0 Å². The van der Waals surface area contributed by atoms with Crippen molar-refractivity contribution < 1.29 is 15.3 Å². The molecule has 4 aliphatic carbocycles. The molecule has 0 unspecified atom stereocenters. The molecule has 4 aliphatic rings. The fourth-order valence-electron chi connectivity index (χ4n) is 10.3. The Labute approximate surface area is 203 Å². The van der Waals surface area contributed by atoms with Crippen molar-refractivity contribution in [2.75, 3.05) is 6.61 Å². The Hall–Kier alpha value is -0.380. The van der Waals surface area contributed by atoms with Crippen LogP contribution in [0, 0.1) is 45.3 Å². The van der Waals surface area contributed by atoms with Gasteiger partial charge < -0.3 is 15.3 Å². The van der Waals surface area contributed by atoms with Crippen molar-refractivity contribution in [1.29, 1.82) is 0 Å². The van der Waals surface area contributed by atoms with Crippen LogP contribution in [-0.2, 0) is 0 Å². The highest BCUT2D eigenvalue weighted by Crippen LogP contribution is 2.75. The first-order valence-corrected chi connectivity index (χ1v) is 13.9. The topological polar surface area (TPSA) is 60.7 Å². The van der Waals surface area contributed by atoms with Gasteiger partial charge in [-0.2, -0.15) is 0 Å². The predicted molar refractivity (Wildman–Crippen MR) is 136 cm³/mol. The fraction of sp³-hybridized carbons (Fsp3) is 0.933. The minimum absolute atomic E-state index is 0.00812. The molecule has 3 nitrogen and oxygen atoms in total. The first-order chi connectivity index (χ1) is 15.2. The lowest BCUT2D eigenvalue weighted by Crippen LogP contribution is -2.64. The van der Waals surface area contributed by atoms with E-state index in [9.17, 15) is 15.3 Å². The Morgan fingerprint density at radius 2 is 1.58 bits per heavy atom. The van der Waals surface area contributed by atoms with Crippen molar-refractivity contribution in [3.63, 3.8) is 0 Å². The Kier molecular flexibility index (Phi) is 6.50. The van der Waals surface area contributed by atoms with Crippen LogP contribution < -0.4 is 0 Å². The summed E-state index contributed by atoms with van der Waals surface area (Å²) in [6, 6.07) is 0. The van der Waals surface area contributed by atoms with E-state index < -0.39 is 5.60 Å². The molecule has 0 saturated heterocycles. The number of rotatable bonds is 5. The van der Waals surface area contributed by atoms with Gasteiger partial charge in [0.25, 0.3) is 0 Å². The average Bonchev–Trinajstić information content (AvgIpc) is 3.10. The molecule has 0 bridgehead atoms. The zero-order chi connectivity index (χ0) is 24.4. The van der Waals surface area contributed by atoms with Crippen molar-refractivity contribution in [3.05, 3.63) is 11.6 Å². The summed E-state index contributed by atoms with van der Waals surface area (Å²) in [5.74, 6) is 2.29. The van der Waals surface area contributed by atoms with E-state index >= 15 is 0 Å². The highest BCUT2D eigenvalue weighted by Gasteiger charge is 2.69. The normalized spacial score (nSPS) is 49.0. The number of fused-ring (bicyclic) bond motifs is 5. The van der Waals surface area contributed by atoms with Gasteiger partial charge >= 0.3 is 0 Å². The summed E-state index contributed by atoms with van der Waals surface area (Å²) in [4.78, 5) is 0. The van der Waals surface area contributed by atoms with E-state index in [1.165, 1.54) is 38.5 Å². The molecular weight excluding hydrogens is 408 g/mol. The van der Waals surface area contributed by atoms with Gasteiger partial charge in [0.1, 0.15) is 0 Å². The van der Waals surface area contributed by atoms with Gasteiger partial charge in [-0.15, -0.1) is 0 Å². The second kappa shape index (κ2) is 8.34. The lowest BCUT2D eigenvalue weighted by Gasteiger charge is -2.70. The standard InChI is InChI=1S/C30H52O3/c1-20(19-31)9-8-15-30(7,33)22-12-17-28(5)21(22)10-11-24-27(4)16-14-25(32)26(2,3)23(27)13-18-29(24,28)6/h9,21-25,31-33H,8,10-19H2,1-7H3/b20-9+/t21-,22+,23+,24-,25-,27+,28-,29-,30+/m1/s1. The maximum Gasteiger partial charge on any atom is 0.0653 e. The highest BCUT2D eigenvalue weighted by molar-refractivity contribution is 5.18. The quantitative estimate of drug-likeness (QED) is 0.410. The van der Waals surface area contributed by atoms with E-state index in [0.29, 0.717) is 28.6 Å². The lowest BCUT2D eigenvalue weighted by atomic mass is 9.35. The molecule has 190 valence electrons. The number of hydrogen-bond donors (Lipinski definition) is 3. The second-order valence-corrected chi connectivity index (χ2v) is 14.3. The van der Waals surface area contributed by atoms with E-state index in [0.717, 1.165) is 37.2 Å². The third kappa shape index (κ3) is 3.70. The Morgan fingerprint density at radius 1 is 0.909 bits per heavy atom. The molecule has 4 fully saturated rings.